The van der Waals surface area contributed by atoms with Gasteiger partial charge in [0.1, 0.15) is 0 Å². The van der Waals surface area contributed by atoms with Crippen LogP contribution in [0.1, 0.15) is 22.3 Å². The molecule has 0 radical (unpaired) electrons. The molecule has 5 heteroatoms. The van der Waals surface area contributed by atoms with Gasteiger partial charge in [0.25, 0.3) is 5.91 Å². The Kier molecular flexibility index (Phi) is 6.92. The first-order valence-corrected chi connectivity index (χ1v) is 6.36. The zero-order valence-corrected chi connectivity index (χ0v) is 11.6. The molecule has 0 aliphatic heterocycles. The van der Waals surface area contributed by atoms with E-state index in [1.54, 1.807) is 13.2 Å². The summed E-state index contributed by atoms with van der Waals surface area (Å²) in [5, 5.41) is 2.84. The lowest BCUT2D eigenvalue weighted by Crippen LogP contribution is -2.27. The van der Waals surface area contributed by atoms with E-state index >= 15 is 0 Å². The van der Waals surface area contributed by atoms with Crippen molar-refractivity contribution < 1.29 is 14.3 Å². The summed E-state index contributed by atoms with van der Waals surface area (Å²) in [4.78, 5) is 12.0. The maximum absolute atomic E-state index is 12.0. The first kappa shape index (κ1) is 15.5. The molecule has 0 spiro atoms. The molecule has 1 amide bonds. The fourth-order valence-electron chi connectivity index (χ4n) is 1.71. The Hall–Kier alpha value is -1.59. The number of benzene rings is 1. The molecule has 0 aliphatic carbocycles. The molecular weight excluding hydrogens is 244 g/mol. The van der Waals surface area contributed by atoms with E-state index in [0.29, 0.717) is 37.6 Å². The second kappa shape index (κ2) is 8.50. The van der Waals surface area contributed by atoms with Crippen molar-refractivity contribution in [3.05, 3.63) is 29.3 Å². The number of nitrogens with one attached hydrogen (secondary N) is 1. The van der Waals surface area contributed by atoms with Gasteiger partial charge >= 0.3 is 0 Å². The van der Waals surface area contributed by atoms with Gasteiger partial charge in [-0.25, -0.2) is 0 Å². The van der Waals surface area contributed by atoms with Gasteiger partial charge in [-0.1, -0.05) is 12.1 Å². The van der Waals surface area contributed by atoms with Gasteiger partial charge in [0.2, 0.25) is 0 Å². The normalized spacial score (nSPS) is 10.4. The standard InChI is InChI=1S/C14H22N2O3/c1-11-5-3-6-12(15)13(11)14(17)16-7-4-8-19-10-9-18-2/h3,5-6H,4,7-10,15H2,1-2H3,(H,16,17). The number of hydrogen-bond donors (Lipinski definition) is 2. The van der Waals surface area contributed by atoms with Gasteiger partial charge in [-0.3, -0.25) is 4.79 Å². The summed E-state index contributed by atoms with van der Waals surface area (Å²) >= 11 is 0. The van der Waals surface area contributed by atoms with Gasteiger partial charge in [0.15, 0.2) is 0 Å². The van der Waals surface area contributed by atoms with E-state index in [9.17, 15) is 4.79 Å². The van der Waals surface area contributed by atoms with Gasteiger partial charge in [-0.15, -0.1) is 0 Å². The molecule has 1 aromatic rings. The predicted molar refractivity (Wildman–Crippen MR) is 75.2 cm³/mol. The summed E-state index contributed by atoms with van der Waals surface area (Å²) in [6.07, 6.45) is 0.765. The van der Waals surface area contributed by atoms with E-state index in [1.807, 2.05) is 19.1 Å². The molecule has 0 aromatic heterocycles. The van der Waals surface area contributed by atoms with Crippen LogP contribution in [0.15, 0.2) is 18.2 Å². The van der Waals surface area contributed by atoms with Crippen molar-refractivity contribution in [2.75, 3.05) is 39.2 Å². The van der Waals surface area contributed by atoms with Gasteiger partial charge in [-0.2, -0.15) is 0 Å². The van der Waals surface area contributed by atoms with E-state index in [0.717, 1.165) is 12.0 Å². The van der Waals surface area contributed by atoms with Crippen LogP contribution in [0.2, 0.25) is 0 Å². The number of rotatable bonds is 8. The lowest BCUT2D eigenvalue weighted by atomic mass is 10.1. The molecule has 5 nitrogen and oxygen atoms in total. The van der Waals surface area contributed by atoms with Crippen LogP contribution in [0.4, 0.5) is 5.69 Å². The molecule has 0 unspecified atom stereocenters. The minimum Gasteiger partial charge on any atom is -0.398 e. The number of carbonyl (C=O) groups is 1. The van der Waals surface area contributed by atoms with Crippen LogP contribution in [-0.4, -0.2) is 39.4 Å². The molecule has 3 N–H and O–H groups in total. The fourth-order valence-corrected chi connectivity index (χ4v) is 1.71. The van der Waals surface area contributed by atoms with Crippen molar-refractivity contribution in [3.8, 4) is 0 Å². The molecule has 0 saturated carbocycles. The highest BCUT2D eigenvalue weighted by molar-refractivity contribution is 6.00. The maximum Gasteiger partial charge on any atom is 0.253 e. The fraction of sp³-hybridized carbons (Fsp3) is 0.500. The number of carbonyl (C=O) groups excluding carboxylic acids is 1. The number of aryl methyl sites for hydroxylation is 1. The van der Waals surface area contributed by atoms with Crippen molar-refractivity contribution in [1.82, 2.24) is 5.32 Å². The average Bonchev–Trinajstić information content (AvgIpc) is 2.37. The van der Waals surface area contributed by atoms with Gasteiger partial charge in [0.05, 0.1) is 18.8 Å². The first-order valence-electron chi connectivity index (χ1n) is 6.36. The maximum atomic E-state index is 12.0. The zero-order chi connectivity index (χ0) is 14.1. The number of anilines is 1. The van der Waals surface area contributed by atoms with E-state index in [2.05, 4.69) is 5.32 Å². The molecule has 0 fully saturated rings. The number of nitrogens with two attached hydrogens (primary N) is 1. The third kappa shape index (κ3) is 5.28. The van der Waals surface area contributed by atoms with Crippen LogP contribution in [0.3, 0.4) is 0 Å². The van der Waals surface area contributed by atoms with Gasteiger partial charge in [0, 0.05) is 25.9 Å². The average molecular weight is 266 g/mol. The highest BCUT2D eigenvalue weighted by Crippen LogP contribution is 2.15. The Morgan fingerprint density at radius 3 is 2.79 bits per heavy atom. The Morgan fingerprint density at radius 2 is 2.11 bits per heavy atom. The van der Waals surface area contributed by atoms with Gasteiger partial charge < -0.3 is 20.5 Å². The number of methoxy groups -OCH3 is 1. The van der Waals surface area contributed by atoms with Crippen LogP contribution >= 0.6 is 0 Å². The van der Waals surface area contributed by atoms with E-state index in [4.69, 9.17) is 15.2 Å². The molecule has 1 aromatic carbocycles. The predicted octanol–water partition coefficient (Wildman–Crippen LogP) is 1.36. The molecule has 19 heavy (non-hydrogen) atoms. The lowest BCUT2D eigenvalue weighted by Gasteiger charge is -2.10. The lowest BCUT2D eigenvalue weighted by molar-refractivity contribution is 0.0688. The summed E-state index contributed by atoms with van der Waals surface area (Å²) in [6.45, 7) is 4.22. The highest BCUT2D eigenvalue weighted by atomic mass is 16.5. The van der Waals surface area contributed by atoms with Crippen molar-refractivity contribution >= 4 is 11.6 Å². The Morgan fingerprint density at radius 1 is 1.32 bits per heavy atom. The molecule has 0 bridgehead atoms. The Labute approximate surface area is 114 Å². The molecule has 0 heterocycles. The van der Waals surface area contributed by atoms with E-state index in [-0.39, 0.29) is 5.91 Å². The number of ether oxygens (including phenoxy) is 2. The highest BCUT2D eigenvalue weighted by Gasteiger charge is 2.11. The summed E-state index contributed by atoms with van der Waals surface area (Å²) in [5.74, 6) is -0.132. The first-order chi connectivity index (χ1) is 9.16. The topological polar surface area (TPSA) is 73.6 Å². The minimum atomic E-state index is -0.132. The van der Waals surface area contributed by atoms with Crippen LogP contribution in [0.5, 0.6) is 0 Å². The second-order valence-corrected chi connectivity index (χ2v) is 4.25. The summed E-state index contributed by atoms with van der Waals surface area (Å²) in [7, 11) is 1.64. The van der Waals surface area contributed by atoms with Crippen molar-refractivity contribution in [2.45, 2.75) is 13.3 Å². The number of hydrogen-bond acceptors (Lipinski definition) is 4. The van der Waals surface area contributed by atoms with E-state index in [1.165, 1.54) is 0 Å². The molecule has 0 aliphatic rings. The van der Waals surface area contributed by atoms with Gasteiger partial charge in [-0.05, 0) is 25.0 Å². The largest absolute Gasteiger partial charge is 0.398 e. The zero-order valence-electron chi connectivity index (χ0n) is 11.6. The Bertz CT molecular complexity index is 387. The number of nitrogen functional groups attached to an aromatic ring is 1. The molecular formula is C14H22N2O3. The second-order valence-electron chi connectivity index (χ2n) is 4.25. The Balaban J connectivity index is 2.28. The monoisotopic (exact) mass is 266 g/mol. The van der Waals surface area contributed by atoms with Crippen molar-refractivity contribution in [2.24, 2.45) is 0 Å². The SMILES string of the molecule is COCCOCCCNC(=O)c1c(C)cccc1N. The summed E-state index contributed by atoms with van der Waals surface area (Å²) in [5.41, 5.74) is 7.76. The van der Waals surface area contributed by atoms with Crippen molar-refractivity contribution in [3.63, 3.8) is 0 Å². The summed E-state index contributed by atoms with van der Waals surface area (Å²) < 4.78 is 10.2. The van der Waals surface area contributed by atoms with Crippen LogP contribution in [-0.2, 0) is 9.47 Å². The summed E-state index contributed by atoms with van der Waals surface area (Å²) in [6, 6.07) is 5.44. The molecule has 0 saturated heterocycles. The quantitative estimate of drug-likeness (QED) is 0.550. The van der Waals surface area contributed by atoms with Crippen molar-refractivity contribution in [1.29, 1.82) is 0 Å². The molecule has 106 valence electrons. The van der Waals surface area contributed by atoms with E-state index < -0.39 is 0 Å². The smallest absolute Gasteiger partial charge is 0.253 e. The number of amides is 1. The third-order valence-corrected chi connectivity index (χ3v) is 2.71. The minimum absolute atomic E-state index is 0.132. The third-order valence-electron chi connectivity index (χ3n) is 2.71. The molecule has 0 atom stereocenters. The van der Waals surface area contributed by atoms with Crippen LogP contribution < -0.4 is 11.1 Å². The van der Waals surface area contributed by atoms with Crippen LogP contribution in [0, 0.1) is 6.92 Å². The molecule has 1 rings (SSSR count). The van der Waals surface area contributed by atoms with Crippen LogP contribution in [0.25, 0.3) is 0 Å².